The second kappa shape index (κ2) is 7.25. The van der Waals surface area contributed by atoms with Gasteiger partial charge < -0.3 is 20.3 Å². The predicted molar refractivity (Wildman–Crippen MR) is 82.1 cm³/mol. The van der Waals surface area contributed by atoms with Crippen LogP contribution in [-0.4, -0.2) is 27.1 Å². The third-order valence-corrected chi connectivity index (χ3v) is 3.12. The van der Waals surface area contributed by atoms with Crippen molar-refractivity contribution >= 4 is 17.5 Å². The number of hydrogen-bond donors (Lipinski definition) is 3. The molecule has 0 aliphatic heterocycles. The molecule has 0 fully saturated rings. The van der Waals surface area contributed by atoms with E-state index in [1.807, 2.05) is 0 Å². The van der Waals surface area contributed by atoms with Crippen LogP contribution in [0.5, 0.6) is 5.75 Å². The fourth-order valence-corrected chi connectivity index (χ4v) is 1.83. The summed E-state index contributed by atoms with van der Waals surface area (Å²) in [5.41, 5.74) is -0.00285. The number of nitrogens with one attached hydrogen (secondary N) is 2. The summed E-state index contributed by atoms with van der Waals surface area (Å²) in [5.74, 6) is -3.45. The second-order valence-corrected chi connectivity index (χ2v) is 5.07. The van der Waals surface area contributed by atoms with Gasteiger partial charge in [0.1, 0.15) is 11.8 Å². The van der Waals surface area contributed by atoms with E-state index in [1.54, 1.807) is 0 Å². The highest BCUT2D eigenvalue weighted by Crippen LogP contribution is 2.28. The Bertz CT molecular complexity index is 848. The number of aromatic hydroxyl groups is 1. The van der Waals surface area contributed by atoms with Crippen LogP contribution in [0, 0.1) is 0 Å². The van der Waals surface area contributed by atoms with Gasteiger partial charge in [-0.3, -0.25) is 9.59 Å². The average molecular weight is 370 g/mol. The summed E-state index contributed by atoms with van der Waals surface area (Å²) in [5, 5.41) is 17.2. The predicted octanol–water partition coefficient (Wildman–Crippen LogP) is 2.41. The Balaban J connectivity index is 2.14. The molecular formula is C15H13F3N4O4. The van der Waals surface area contributed by atoms with Gasteiger partial charge in [0.2, 0.25) is 11.8 Å². The molecule has 3 N–H and O–H groups in total. The van der Waals surface area contributed by atoms with Gasteiger partial charge in [-0.2, -0.15) is 18.2 Å². The third kappa shape index (κ3) is 4.37. The first kappa shape index (κ1) is 19.0. The van der Waals surface area contributed by atoms with E-state index in [0.29, 0.717) is 0 Å². The second-order valence-electron chi connectivity index (χ2n) is 5.07. The van der Waals surface area contributed by atoms with Crippen molar-refractivity contribution in [2.45, 2.75) is 19.1 Å². The maximum absolute atomic E-state index is 12.5. The molecule has 0 saturated carbocycles. The number of phenols is 1. The molecule has 8 nitrogen and oxygen atoms in total. The van der Waals surface area contributed by atoms with E-state index >= 15 is 0 Å². The first-order valence-corrected chi connectivity index (χ1v) is 7.10. The molecule has 0 saturated heterocycles. The fourth-order valence-electron chi connectivity index (χ4n) is 1.83. The van der Waals surface area contributed by atoms with Crippen LogP contribution < -0.4 is 10.6 Å². The van der Waals surface area contributed by atoms with Crippen molar-refractivity contribution in [1.82, 2.24) is 15.5 Å². The van der Waals surface area contributed by atoms with Gasteiger partial charge in [-0.05, 0) is 31.2 Å². The Hall–Kier alpha value is -3.37. The molecule has 0 bridgehead atoms. The first-order chi connectivity index (χ1) is 12.1. The van der Waals surface area contributed by atoms with E-state index in [-0.39, 0.29) is 17.0 Å². The van der Waals surface area contributed by atoms with Crippen molar-refractivity contribution in [3.63, 3.8) is 0 Å². The van der Waals surface area contributed by atoms with E-state index in [4.69, 9.17) is 0 Å². The lowest BCUT2D eigenvalue weighted by Crippen LogP contribution is -2.27. The third-order valence-electron chi connectivity index (χ3n) is 3.12. The van der Waals surface area contributed by atoms with Gasteiger partial charge in [0, 0.05) is 5.56 Å². The molecule has 1 unspecified atom stereocenters. The average Bonchev–Trinajstić information content (AvgIpc) is 3.07. The first-order valence-electron chi connectivity index (χ1n) is 7.10. The molecule has 1 aromatic carbocycles. The lowest BCUT2D eigenvalue weighted by molar-refractivity contribution is -0.146. The number of carbonyl (C=O) groups is 2. The molecule has 138 valence electrons. The number of aromatic nitrogens is 2. The van der Waals surface area contributed by atoms with E-state index in [9.17, 15) is 27.9 Å². The Morgan fingerprint density at radius 3 is 2.65 bits per heavy atom. The minimum Gasteiger partial charge on any atom is -0.506 e. The lowest BCUT2D eigenvalue weighted by Gasteiger charge is -2.11. The smallest absolute Gasteiger partial charge is 0.455 e. The quantitative estimate of drug-likeness (QED) is 0.550. The Kier molecular flexibility index (Phi) is 5.29. The van der Waals surface area contributed by atoms with E-state index < -0.39 is 35.7 Å². The van der Waals surface area contributed by atoms with E-state index in [1.165, 1.54) is 25.1 Å². The molecule has 0 aliphatic rings. The summed E-state index contributed by atoms with van der Waals surface area (Å²) in [6.07, 6.45) is -3.79. The normalized spacial score (nSPS) is 12.3. The Morgan fingerprint density at radius 1 is 1.38 bits per heavy atom. The summed E-state index contributed by atoms with van der Waals surface area (Å²) < 4.78 is 41.9. The van der Waals surface area contributed by atoms with Crippen molar-refractivity contribution in [1.29, 1.82) is 0 Å². The highest BCUT2D eigenvalue weighted by atomic mass is 19.4. The highest BCUT2D eigenvalue weighted by molar-refractivity contribution is 6.02. The molecule has 2 rings (SSSR count). The van der Waals surface area contributed by atoms with Crippen LogP contribution in [0.25, 0.3) is 0 Å². The van der Waals surface area contributed by atoms with Crippen molar-refractivity contribution < 1.29 is 32.4 Å². The minimum absolute atomic E-state index is 0.0320. The number of hydrogen-bond acceptors (Lipinski definition) is 6. The van der Waals surface area contributed by atoms with Crippen molar-refractivity contribution in [2.24, 2.45) is 0 Å². The zero-order chi connectivity index (χ0) is 19.5. The lowest BCUT2D eigenvalue weighted by atomic mass is 10.1. The zero-order valence-electron chi connectivity index (χ0n) is 13.3. The maximum atomic E-state index is 12.5. The van der Waals surface area contributed by atoms with Crippen molar-refractivity contribution in [2.75, 3.05) is 5.32 Å². The molecule has 2 amide bonds. The van der Waals surface area contributed by atoms with Gasteiger partial charge >= 0.3 is 6.18 Å². The topological polar surface area (TPSA) is 117 Å². The fraction of sp³-hybridized carbons (Fsp3) is 0.200. The summed E-state index contributed by atoms with van der Waals surface area (Å²) in [6, 6.07) is 2.61. The summed E-state index contributed by atoms with van der Waals surface area (Å²) in [7, 11) is 0. The number of amides is 2. The molecule has 0 spiro atoms. The maximum Gasteiger partial charge on any atom is 0.455 e. The standard InChI is InChI=1S/C15H13F3N4O4/c1-3-11(24)20-9-6-8(4-5-10(9)23)12(25)19-7(2)13-21-14(22-26-13)15(16,17)18/h3-7,23H,1H2,2H3,(H,19,25)(H,20,24). The Morgan fingerprint density at radius 2 is 2.08 bits per heavy atom. The number of carbonyl (C=O) groups excluding carboxylic acids is 2. The van der Waals surface area contributed by atoms with Crippen LogP contribution in [0.4, 0.5) is 18.9 Å². The SMILES string of the molecule is C=CC(=O)Nc1cc(C(=O)NC(C)c2nc(C(F)(F)F)no2)ccc1O. The van der Waals surface area contributed by atoms with Crippen LogP contribution >= 0.6 is 0 Å². The summed E-state index contributed by atoms with van der Waals surface area (Å²) >= 11 is 0. The van der Waals surface area contributed by atoms with Crippen LogP contribution in [0.3, 0.4) is 0 Å². The number of rotatable bonds is 5. The van der Waals surface area contributed by atoms with Gasteiger partial charge in [0.25, 0.3) is 11.7 Å². The molecule has 1 heterocycles. The van der Waals surface area contributed by atoms with Gasteiger partial charge in [-0.1, -0.05) is 11.7 Å². The molecule has 0 radical (unpaired) electrons. The monoisotopic (exact) mass is 370 g/mol. The zero-order valence-corrected chi connectivity index (χ0v) is 13.3. The van der Waals surface area contributed by atoms with Gasteiger partial charge in [0.15, 0.2) is 0 Å². The number of benzene rings is 1. The van der Waals surface area contributed by atoms with Gasteiger partial charge in [-0.25, -0.2) is 0 Å². The number of halogens is 3. The van der Waals surface area contributed by atoms with Crippen LogP contribution in [0.15, 0.2) is 35.4 Å². The van der Waals surface area contributed by atoms with E-state index in [2.05, 4.69) is 31.9 Å². The number of alkyl halides is 3. The van der Waals surface area contributed by atoms with Crippen LogP contribution in [0.1, 0.15) is 35.0 Å². The van der Waals surface area contributed by atoms with Gasteiger partial charge in [0.05, 0.1) is 5.69 Å². The molecule has 1 aromatic heterocycles. The number of phenolic OH excluding ortho intramolecular Hbond substituents is 1. The molecule has 1 atom stereocenters. The highest BCUT2D eigenvalue weighted by Gasteiger charge is 2.37. The molecular weight excluding hydrogens is 357 g/mol. The number of anilines is 1. The van der Waals surface area contributed by atoms with E-state index in [0.717, 1.165) is 6.08 Å². The summed E-state index contributed by atoms with van der Waals surface area (Å²) in [4.78, 5) is 26.7. The minimum atomic E-state index is -4.76. The molecule has 26 heavy (non-hydrogen) atoms. The Labute approximate surface area is 144 Å². The number of nitrogens with zero attached hydrogens (tertiary/aromatic N) is 2. The van der Waals surface area contributed by atoms with Gasteiger partial charge in [-0.15, -0.1) is 0 Å². The molecule has 2 aromatic rings. The van der Waals surface area contributed by atoms with Crippen molar-refractivity contribution in [3.8, 4) is 5.75 Å². The largest absolute Gasteiger partial charge is 0.506 e. The molecule has 0 aliphatic carbocycles. The van der Waals surface area contributed by atoms with Crippen LogP contribution in [-0.2, 0) is 11.0 Å². The molecule has 11 heteroatoms. The summed E-state index contributed by atoms with van der Waals surface area (Å²) in [6.45, 7) is 4.61. The van der Waals surface area contributed by atoms with Crippen LogP contribution in [0.2, 0.25) is 0 Å². The van der Waals surface area contributed by atoms with Crippen molar-refractivity contribution in [3.05, 3.63) is 48.1 Å².